The molecule has 332 valence electrons. The monoisotopic (exact) mass is 839 g/mol. The highest BCUT2D eigenvalue weighted by Gasteiger charge is 2.16. The summed E-state index contributed by atoms with van der Waals surface area (Å²) in [5.41, 5.74) is 9.06. The quantitative estimate of drug-likeness (QED) is 0.0237. The predicted octanol–water partition coefficient (Wildman–Crippen LogP) is 10.3. The summed E-state index contributed by atoms with van der Waals surface area (Å²) in [5, 5.41) is 12.9. The van der Waals surface area contributed by atoms with Crippen molar-refractivity contribution in [3.63, 3.8) is 0 Å². The van der Waals surface area contributed by atoms with E-state index in [1.807, 2.05) is 0 Å². The smallest absolute Gasteiger partial charge is 0.346 e. The van der Waals surface area contributed by atoms with E-state index >= 15 is 0 Å². The first-order valence-corrected chi connectivity index (χ1v) is 22.4. The van der Waals surface area contributed by atoms with E-state index in [-0.39, 0.29) is 18.6 Å². The van der Waals surface area contributed by atoms with Gasteiger partial charge < -0.3 is 30.2 Å². The average molecular weight is 839 g/mol. The first-order valence-electron chi connectivity index (χ1n) is 22.4. The highest BCUT2D eigenvalue weighted by atomic mass is 16.5. The summed E-state index contributed by atoms with van der Waals surface area (Å²) in [4.78, 5) is 47.4. The Hall–Kier alpha value is -5.57. The van der Waals surface area contributed by atoms with Crippen LogP contribution in [0.3, 0.4) is 0 Å². The number of aliphatic imine (C=N–C) groups is 2. The van der Waals surface area contributed by atoms with Crippen molar-refractivity contribution in [3.05, 3.63) is 94.5 Å². The lowest BCUT2D eigenvalue weighted by molar-refractivity contribution is -0.140. The number of hydrogen-bond donors (Lipinski definition) is 4. The third kappa shape index (κ3) is 18.7. The number of unbranched alkanes of at least 4 members (excludes halogenated alkanes) is 3. The average Bonchev–Trinajstić information content (AvgIpc) is 3.29. The minimum Gasteiger partial charge on any atom is -0.462 e. The highest BCUT2D eigenvalue weighted by molar-refractivity contribution is 6.09. The Kier molecular flexibility index (Phi) is 23.5. The van der Waals surface area contributed by atoms with E-state index in [9.17, 15) is 14.4 Å². The van der Waals surface area contributed by atoms with Gasteiger partial charge in [0.1, 0.15) is 12.2 Å². The molecule has 0 radical (unpaired) electrons. The molecule has 0 saturated carbocycles. The van der Waals surface area contributed by atoms with Crippen LogP contribution < -0.4 is 21.3 Å². The van der Waals surface area contributed by atoms with Gasteiger partial charge in [-0.05, 0) is 103 Å². The summed E-state index contributed by atoms with van der Waals surface area (Å²) < 4.78 is 16.9. The Morgan fingerprint density at radius 3 is 1.43 bits per heavy atom. The molecule has 0 spiro atoms. The lowest BCUT2D eigenvalue weighted by Crippen LogP contribution is -2.40. The molecule has 0 amide bonds. The number of carbonyl (C=O) groups excluding carboxylic acids is 3. The number of anilines is 2. The largest absolute Gasteiger partial charge is 0.462 e. The maximum atomic E-state index is 12.9. The number of allylic oxidation sites excluding steroid dienone is 1. The second-order valence-electron chi connectivity index (χ2n) is 15.4. The van der Waals surface area contributed by atoms with Crippen LogP contribution in [0.25, 0.3) is 0 Å². The van der Waals surface area contributed by atoms with Crippen LogP contribution in [-0.4, -0.2) is 63.4 Å². The second kappa shape index (κ2) is 28.8. The zero-order chi connectivity index (χ0) is 44.2. The van der Waals surface area contributed by atoms with Gasteiger partial charge in [-0.3, -0.25) is 10.3 Å². The SMILES string of the molecule is CCCCC(CC)COC(=O)C1=C=C=C(NCN=C(NC(=NC)Nc2ccc(C(=O)OCC(CC)CCCC)cc2)Nc2ccc(C(=O)OCC(CC)CCCC)cc2)C=C1. The van der Waals surface area contributed by atoms with Gasteiger partial charge in [0.05, 0.1) is 36.6 Å². The van der Waals surface area contributed by atoms with Crippen molar-refractivity contribution in [3.8, 4) is 0 Å². The van der Waals surface area contributed by atoms with Crippen molar-refractivity contribution in [1.29, 1.82) is 0 Å². The van der Waals surface area contributed by atoms with E-state index in [1.54, 1.807) is 67.7 Å². The molecule has 3 atom stereocenters. The lowest BCUT2D eigenvalue weighted by atomic mass is 10.0. The van der Waals surface area contributed by atoms with Crippen LogP contribution in [0.2, 0.25) is 0 Å². The Balaban J connectivity index is 1.72. The molecule has 0 bridgehead atoms. The lowest BCUT2D eigenvalue weighted by Gasteiger charge is -2.17. The number of hydrogen-bond acceptors (Lipinski definition) is 9. The van der Waals surface area contributed by atoms with Gasteiger partial charge in [0.15, 0.2) is 0 Å². The number of ether oxygens (including phenoxy) is 3. The maximum Gasteiger partial charge on any atom is 0.346 e. The van der Waals surface area contributed by atoms with E-state index in [4.69, 9.17) is 19.2 Å². The van der Waals surface area contributed by atoms with E-state index < -0.39 is 5.97 Å². The molecule has 0 aromatic heterocycles. The minimum absolute atomic E-state index is 0.116. The van der Waals surface area contributed by atoms with Crippen molar-refractivity contribution in [2.45, 2.75) is 119 Å². The zero-order valence-corrected chi connectivity index (χ0v) is 37.7. The molecular formula is C49H70N6O6. The fourth-order valence-corrected chi connectivity index (χ4v) is 6.35. The van der Waals surface area contributed by atoms with Gasteiger partial charge in [0.25, 0.3) is 0 Å². The third-order valence-corrected chi connectivity index (χ3v) is 10.7. The fourth-order valence-electron chi connectivity index (χ4n) is 6.35. The fraction of sp³-hybridized carbons (Fsp3) is 0.531. The van der Waals surface area contributed by atoms with Crippen molar-refractivity contribution in [2.75, 3.05) is 44.2 Å². The molecule has 2 aromatic rings. The summed E-state index contributed by atoms with van der Waals surface area (Å²) >= 11 is 0. The van der Waals surface area contributed by atoms with Crippen LogP contribution in [-0.2, 0) is 19.0 Å². The van der Waals surface area contributed by atoms with Crippen LogP contribution in [0.15, 0.2) is 93.4 Å². The van der Waals surface area contributed by atoms with E-state index in [0.717, 1.165) is 77.0 Å². The van der Waals surface area contributed by atoms with Crippen molar-refractivity contribution in [2.24, 2.45) is 27.7 Å². The van der Waals surface area contributed by atoms with Gasteiger partial charge >= 0.3 is 17.9 Å². The molecule has 12 nitrogen and oxygen atoms in total. The molecule has 4 N–H and O–H groups in total. The van der Waals surface area contributed by atoms with Gasteiger partial charge in [0, 0.05) is 18.4 Å². The van der Waals surface area contributed by atoms with Gasteiger partial charge in [-0.1, -0.05) is 105 Å². The molecular weight excluding hydrogens is 769 g/mol. The molecule has 61 heavy (non-hydrogen) atoms. The number of nitrogens with zero attached hydrogens (tertiary/aromatic N) is 2. The van der Waals surface area contributed by atoms with Crippen molar-refractivity contribution in [1.82, 2.24) is 10.6 Å². The zero-order valence-electron chi connectivity index (χ0n) is 37.7. The molecule has 0 heterocycles. The van der Waals surface area contributed by atoms with E-state index in [1.165, 1.54) is 0 Å². The predicted molar refractivity (Wildman–Crippen MR) is 247 cm³/mol. The van der Waals surface area contributed by atoms with Gasteiger partial charge in [-0.25, -0.2) is 19.4 Å². The number of rotatable bonds is 26. The molecule has 2 aromatic carbocycles. The Bertz CT molecular complexity index is 1860. The van der Waals surface area contributed by atoms with Crippen LogP contribution in [0.5, 0.6) is 0 Å². The van der Waals surface area contributed by atoms with E-state index in [0.29, 0.717) is 83.3 Å². The highest BCUT2D eigenvalue weighted by Crippen LogP contribution is 2.18. The molecule has 0 fully saturated rings. The Labute approximate surface area is 364 Å². The summed E-state index contributed by atoms with van der Waals surface area (Å²) in [5.74, 6) is 0.645. The van der Waals surface area contributed by atoms with Gasteiger partial charge in [0.2, 0.25) is 11.9 Å². The Morgan fingerprint density at radius 2 is 1.03 bits per heavy atom. The van der Waals surface area contributed by atoms with Gasteiger partial charge in [-0.2, -0.15) is 0 Å². The molecule has 12 heteroatoms. The van der Waals surface area contributed by atoms with Crippen LogP contribution >= 0.6 is 0 Å². The third-order valence-electron chi connectivity index (χ3n) is 10.7. The van der Waals surface area contributed by atoms with Crippen molar-refractivity contribution < 1.29 is 28.6 Å². The summed E-state index contributed by atoms with van der Waals surface area (Å²) in [6, 6.07) is 14.0. The standard InChI is InChI=1S/C49H70N6O6/c1-8-14-17-36(11-4)32-59-45(56)39-20-26-42(27-21-39)51-35-52-49(54-44-30-24-41(25-31-44)47(58)61-34-38(13-6)19-16-10-3)55-48(50-7)53-43-28-22-40(23-29-43)46(57)60-33-37(12-5)18-15-9-2/h20,22-26,28-31,36-38,51H,8-19,32-35H2,1-7H3,(H3,50,52,53,54,55). The summed E-state index contributed by atoms with van der Waals surface area (Å²) in [6.07, 6.45) is 16.1. The molecule has 0 aliphatic heterocycles. The number of nitrogens with one attached hydrogen (secondary N) is 4. The minimum atomic E-state index is -0.417. The number of guanidine groups is 2. The molecule has 3 unspecified atom stereocenters. The first kappa shape index (κ1) is 49.8. The van der Waals surface area contributed by atoms with Crippen LogP contribution in [0, 0.1) is 17.8 Å². The van der Waals surface area contributed by atoms with Gasteiger partial charge in [-0.15, -0.1) is 0 Å². The Morgan fingerprint density at radius 1 is 0.590 bits per heavy atom. The molecule has 1 aliphatic rings. The van der Waals surface area contributed by atoms with Crippen molar-refractivity contribution >= 4 is 41.2 Å². The maximum absolute atomic E-state index is 12.9. The first-order chi connectivity index (χ1) is 29.7. The summed E-state index contributed by atoms with van der Waals surface area (Å²) in [7, 11) is 1.64. The van der Waals surface area contributed by atoms with E-state index in [2.05, 4.69) is 79.3 Å². The van der Waals surface area contributed by atoms with Crippen LogP contribution in [0.4, 0.5) is 11.4 Å². The van der Waals surface area contributed by atoms with Crippen LogP contribution in [0.1, 0.15) is 139 Å². The number of esters is 3. The molecule has 1 aliphatic carbocycles. The second-order valence-corrected chi connectivity index (χ2v) is 15.4. The molecule has 0 saturated heterocycles. The molecule has 3 rings (SSSR count). The number of benzene rings is 2. The summed E-state index contributed by atoms with van der Waals surface area (Å²) in [6.45, 7) is 14.2. The topological polar surface area (TPSA) is 152 Å². The number of carbonyl (C=O) groups is 3. The normalized spacial score (nSPS) is 14.0.